The van der Waals surface area contributed by atoms with Gasteiger partial charge in [-0.1, -0.05) is 13.8 Å². The van der Waals surface area contributed by atoms with E-state index in [1.54, 1.807) is 11.8 Å². The van der Waals surface area contributed by atoms with E-state index in [2.05, 4.69) is 18.9 Å². The van der Waals surface area contributed by atoms with Gasteiger partial charge in [-0.3, -0.25) is 0 Å². The monoisotopic (exact) mass is 384 g/mol. The van der Waals surface area contributed by atoms with E-state index in [9.17, 15) is 9.90 Å². The van der Waals surface area contributed by atoms with Crippen molar-refractivity contribution >= 4 is 17.3 Å². The summed E-state index contributed by atoms with van der Waals surface area (Å²) in [6.07, 6.45) is 0.852. The van der Waals surface area contributed by atoms with Gasteiger partial charge in [0.05, 0.1) is 18.4 Å². The Kier molecular flexibility index (Phi) is 4.39. The number of aromatic nitrogens is 2. The third-order valence-electron chi connectivity index (χ3n) is 4.54. The van der Waals surface area contributed by atoms with Crippen molar-refractivity contribution in [1.82, 2.24) is 9.78 Å². The number of nitrogens with zero attached hydrogens (tertiary/aromatic N) is 2. The Morgan fingerprint density at radius 1 is 1.44 bits per heavy atom. The van der Waals surface area contributed by atoms with Gasteiger partial charge in [-0.15, -0.1) is 11.3 Å². The van der Waals surface area contributed by atoms with Crippen molar-refractivity contribution in [1.29, 1.82) is 0 Å². The Morgan fingerprint density at radius 2 is 2.26 bits per heavy atom. The lowest BCUT2D eigenvalue weighted by atomic mass is 9.95. The van der Waals surface area contributed by atoms with Crippen LogP contribution in [0, 0.1) is 5.92 Å². The molecule has 1 aliphatic heterocycles. The second-order valence-electron chi connectivity index (χ2n) is 6.89. The number of carbonyl (C=O) groups is 1. The molecule has 140 valence electrons. The molecular formula is C20H20N2O4S. The van der Waals surface area contributed by atoms with Crippen LogP contribution in [-0.2, 0) is 13.0 Å². The van der Waals surface area contributed by atoms with Crippen LogP contribution < -0.4 is 9.47 Å². The molecule has 0 unspecified atom stereocenters. The Balaban J connectivity index is 1.97. The maximum Gasteiger partial charge on any atom is 0.356 e. The molecule has 27 heavy (non-hydrogen) atoms. The van der Waals surface area contributed by atoms with Crippen molar-refractivity contribution in [3.8, 4) is 27.8 Å². The highest BCUT2D eigenvalue weighted by Crippen LogP contribution is 2.44. The van der Waals surface area contributed by atoms with Gasteiger partial charge in [0.1, 0.15) is 23.1 Å². The first-order valence-corrected chi connectivity index (χ1v) is 9.60. The summed E-state index contributed by atoms with van der Waals surface area (Å²) in [5.74, 6) is 0.871. The van der Waals surface area contributed by atoms with Gasteiger partial charge in [-0.05, 0) is 41.5 Å². The number of hydrogen-bond acceptors (Lipinski definition) is 5. The Hall–Kier alpha value is -2.80. The molecule has 1 aromatic carbocycles. The highest BCUT2D eigenvalue weighted by atomic mass is 32.1. The zero-order chi connectivity index (χ0) is 19.1. The van der Waals surface area contributed by atoms with Crippen molar-refractivity contribution in [3.05, 3.63) is 46.5 Å². The normalized spacial score (nSPS) is 12.4. The molecule has 7 heteroatoms. The minimum atomic E-state index is -1.05. The number of hydrogen-bond donors (Lipinski definition) is 1. The van der Waals surface area contributed by atoms with Crippen LogP contribution in [0.15, 0.2) is 29.6 Å². The quantitative estimate of drug-likeness (QED) is 0.706. The van der Waals surface area contributed by atoms with Gasteiger partial charge < -0.3 is 14.6 Å². The highest BCUT2D eigenvalue weighted by molar-refractivity contribution is 7.12. The molecule has 4 rings (SSSR count). The lowest BCUT2D eigenvalue weighted by Gasteiger charge is -2.22. The molecule has 3 heterocycles. The van der Waals surface area contributed by atoms with Gasteiger partial charge in [0.2, 0.25) is 0 Å². The molecule has 2 aromatic heterocycles. The molecule has 0 atom stereocenters. The molecule has 0 saturated heterocycles. The van der Waals surface area contributed by atoms with Crippen molar-refractivity contribution in [3.63, 3.8) is 0 Å². The van der Waals surface area contributed by atoms with Crippen molar-refractivity contribution in [2.45, 2.75) is 26.9 Å². The average Bonchev–Trinajstić information content (AvgIpc) is 3.28. The fourth-order valence-electron chi connectivity index (χ4n) is 3.44. The predicted molar refractivity (Wildman–Crippen MR) is 103 cm³/mol. The zero-order valence-corrected chi connectivity index (χ0v) is 16.2. The molecule has 0 aliphatic carbocycles. The van der Waals surface area contributed by atoms with Crippen LogP contribution in [0.2, 0.25) is 0 Å². The second kappa shape index (κ2) is 6.74. The first-order valence-electron chi connectivity index (χ1n) is 8.72. The summed E-state index contributed by atoms with van der Waals surface area (Å²) < 4.78 is 13.2. The topological polar surface area (TPSA) is 73.6 Å². The van der Waals surface area contributed by atoms with Gasteiger partial charge in [-0.25, -0.2) is 9.48 Å². The maximum atomic E-state index is 11.7. The molecule has 0 saturated carbocycles. The van der Waals surface area contributed by atoms with Crippen LogP contribution in [0.1, 0.15) is 35.5 Å². The SMILES string of the molecule is COc1cc2c(cc1CC(C)C)-c1c(c(C(=O)O)nn1-c1cccs1)CO2. The molecule has 1 aliphatic rings. The number of benzene rings is 1. The minimum Gasteiger partial charge on any atom is -0.496 e. The molecule has 0 spiro atoms. The number of fused-ring (bicyclic) bond motifs is 3. The molecular weight excluding hydrogens is 364 g/mol. The summed E-state index contributed by atoms with van der Waals surface area (Å²) in [7, 11) is 1.65. The Bertz CT molecular complexity index is 1010. The van der Waals surface area contributed by atoms with Crippen LogP contribution >= 0.6 is 11.3 Å². The molecule has 1 N–H and O–H groups in total. The van der Waals surface area contributed by atoms with E-state index in [1.807, 2.05) is 29.6 Å². The number of methoxy groups -OCH3 is 1. The van der Waals surface area contributed by atoms with E-state index in [1.165, 1.54) is 11.3 Å². The standard InChI is InChI=1S/C20H20N2O4S/c1-11(2)7-12-8-13-16(9-15(12)25-3)26-10-14-18(20(23)24)21-22(19(13)14)17-5-4-6-27-17/h4-6,8-9,11H,7,10H2,1-3H3,(H,23,24). The minimum absolute atomic E-state index is 0.0327. The van der Waals surface area contributed by atoms with E-state index in [0.29, 0.717) is 17.2 Å². The summed E-state index contributed by atoms with van der Waals surface area (Å²) in [5.41, 5.74) is 3.33. The molecule has 3 aromatic rings. The molecule has 6 nitrogen and oxygen atoms in total. The summed E-state index contributed by atoms with van der Waals surface area (Å²) >= 11 is 1.51. The van der Waals surface area contributed by atoms with E-state index in [4.69, 9.17) is 9.47 Å². The third-order valence-corrected chi connectivity index (χ3v) is 5.38. The van der Waals surface area contributed by atoms with Crippen LogP contribution in [0.4, 0.5) is 0 Å². The first kappa shape index (κ1) is 17.6. The molecule has 0 radical (unpaired) electrons. The van der Waals surface area contributed by atoms with Crippen LogP contribution in [0.25, 0.3) is 16.3 Å². The van der Waals surface area contributed by atoms with Gasteiger partial charge in [0.25, 0.3) is 0 Å². The summed E-state index contributed by atoms with van der Waals surface area (Å²) in [4.78, 5) is 11.7. The summed E-state index contributed by atoms with van der Waals surface area (Å²) in [5, 5.41) is 16.8. The predicted octanol–water partition coefficient (Wildman–Crippen LogP) is 4.40. The highest BCUT2D eigenvalue weighted by Gasteiger charge is 2.31. The Morgan fingerprint density at radius 3 is 2.89 bits per heavy atom. The lowest BCUT2D eigenvalue weighted by molar-refractivity contribution is 0.0687. The van der Waals surface area contributed by atoms with Gasteiger partial charge in [0.15, 0.2) is 5.69 Å². The fraction of sp³-hybridized carbons (Fsp3) is 0.300. The van der Waals surface area contributed by atoms with Crippen LogP contribution in [0.5, 0.6) is 11.5 Å². The van der Waals surface area contributed by atoms with Crippen molar-refractivity contribution < 1.29 is 19.4 Å². The Labute approximate surface area is 161 Å². The maximum absolute atomic E-state index is 11.7. The number of carboxylic acids is 1. The number of thiophene rings is 1. The number of ether oxygens (including phenoxy) is 2. The van der Waals surface area contributed by atoms with E-state index >= 15 is 0 Å². The van der Waals surface area contributed by atoms with E-state index in [0.717, 1.165) is 34.0 Å². The summed E-state index contributed by atoms with van der Waals surface area (Å²) in [6, 6.07) is 7.79. The molecule has 0 bridgehead atoms. The molecule has 0 fully saturated rings. The lowest BCUT2D eigenvalue weighted by Crippen LogP contribution is -2.11. The third kappa shape index (κ3) is 2.98. The van der Waals surface area contributed by atoms with Crippen molar-refractivity contribution in [2.24, 2.45) is 5.92 Å². The second-order valence-corrected chi connectivity index (χ2v) is 7.82. The zero-order valence-electron chi connectivity index (χ0n) is 15.4. The van der Waals surface area contributed by atoms with E-state index < -0.39 is 5.97 Å². The van der Waals surface area contributed by atoms with Crippen LogP contribution in [0.3, 0.4) is 0 Å². The average molecular weight is 384 g/mol. The van der Waals surface area contributed by atoms with Crippen LogP contribution in [-0.4, -0.2) is 28.0 Å². The number of rotatable bonds is 5. The molecule has 0 amide bonds. The van der Waals surface area contributed by atoms with Gasteiger partial charge in [-0.2, -0.15) is 5.10 Å². The first-order chi connectivity index (χ1) is 13.0. The smallest absolute Gasteiger partial charge is 0.356 e. The summed E-state index contributed by atoms with van der Waals surface area (Å²) in [6.45, 7) is 4.47. The van der Waals surface area contributed by atoms with Gasteiger partial charge in [0, 0.05) is 11.6 Å². The number of aromatic carboxylic acids is 1. The van der Waals surface area contributed by atoms with Crippen molar-refractivity contribution in [2.75, 3.05) is 7.11 Å². The van der Waals surface area contributed by atoms with Gasteiger partial charge >= 0.3 is 5.97 Å². The largest absolute Gasteiger partial charge is 0.496 e. The fourth-order valence-corrected chi connectivity index (χ4v) is 4.12. The number of carboxylic acid groups (broad SMARTS) is 1. The van der Waals surface area contributed by atoms with E-state index in [-0.39, 0.29) is 12.3 Å².